The molecule has 1 aliphatic rings. The predicted octanol–water partition coefficient (Wildman–Crippen LogP) is 3.53. The number of hydrogen-bond donors (Lipinski definition) is 0. The van der Waals surface area contributed by atoms with Crippen LogP contribution in [-0.2, 0) is 6.42 Å². The highest BCUT2D eigenvalue weighted by molar-refractivity contribution is 14.1. The maximum absolute atomic E-state index is 6.20. The topological polar surface area (TPSA) is 29.0 Å². The number of hydrogen-bond acceptors (Lipinski definition) is 3. The van der Waals surface area contributed by atoms with Crippen molar-refractivity contribution in [2.24, 2.45) is 5.92 Å². The summed E-state index contributed by atoms with van der Waals surface area (Å²) >= 11 is 8.44. The average Bonchev–Trinajstić information content (AvgIpc) is 2.77. The van der Waals surface area contributed by atoms with Gasteiger partial charge >= 0.3 is 0 Å². The van der Waals surface area contributed by atoms with E-state index in [1.807, 2.05) is 0 Å². The number of halogens is 2. The van der Waals surface area contributed by atoms with Crippen molar-refractivity contribution in [3.63, 3.8) is 0 Å². The molecule has 0 spiro atoms. The molecule has 3 nitrogen and oxygen atoms in total. The van der Waals surface area contributed by atoms with E-state index in [4.69, 9.17) is 11.6 Å². The van der Waals surface area contributed by atoms with E-state index in [1.165, 1.54) is 12.8 Å². The van der Waals surface area contributed by atoms with Crippen LogP contribution in [0.5, 0.6) is 0 Å². The molecule has 1 fully saturated rings. The van der Waals surface area contributed by atoms with E-state index in [0.29, 0.717) is 11.1 Å². The summed E-state index contributed by atoms with van der Waals surface area (Å²) in [5, 5.41) is 0.596. The maximum atomic E-state index is 6.20. The number of rotatable bonds is 3. The first-order valence-electron chi connectivity index (χ1n) is 6.04. The minimum atomic E-state index is 0.584. The molecule has 0 aliphatic carbocycles. The van der Waals surface area contributed by atoms with E-state index in [2.05, 4.69) is 51.3 Å². The molecule has 0 unspecified atom stereocenters. The summed E-state index contributed by atoms with van der Waals surface area (Å²) in [6, 6.07) is 0. The van der Waals surface area contributed by atoms with Crippen LogP contribution in [0.3, 0.4) is 0 Å². The molecule has 2 heterocycles. The Bertz CT molecular complexity index is 403. The van der Waals surface area contributed by atoms with E-state index in [0.717, 1.165) is 34.7 Å². The lowest BCUT2D eigenvalue weighted by Gasteiger charge is -2.17. The van der Waals surface area contributed by atoms with Gasteiger partial charge in [-0.25, -0.2) is 4.98 Å². The van der Waals surface area contributed by atoms with E-state index in [-0.39, 0.29) is 0 Å². The van der Waals surface area contributed by atoms with Crippen molar-refractivity contribution in [1.29, 1.82) is 0 Å². The zero-order chi connectivity index (χ0) is 12.4. The van der Waals surface area contributed by atoms with Gasteiger partial charge in [0.2, 0.25) is 5.95 Å². The molecule has 0 bridgehead atoms. The SMILES string of the molecule is CC(C)Cc1nc(N2CCCC2)nc(Cl)c1I. The van der Waals surface area contributed by atoms with Crippen molar-refractivity contribution in [3.8, 4) is 0 Å². The predicted molar refractivity (Wildman–Crippen MR) is 79.7 cm³/mol. The van der Waals surface area contributed by atoms with E-state index >= 15 is 0 Å². The van der Waals surface area contributed by atoms with Crippen LogP contribution in [0.25, 0.3) is 0 Å². The molecule has 0 saturated carbocycles. The van der Waals surface area contributed by atoms with Crippen LogP contribution in [0.1, 0.15) is 32.4 Å². The van der Waals surface area contributed by atoms with Gasteiger partial charge in [0.25, 0.3) is 0 Å². The van der Waals surface area contributed by atoms with Crippen molar-refractivity contribution in [2.45, 2.75) is 33.1 Å². The summed E-state index contributed by atoms with van der Waals surface area (Å²) in [6.45, 7) is 6.50. The Morgan fingerprint density at radius 3 is 2.53 bits per heavy atom. The van der Waals surface area contributed by atoms with Gasteiger partial charge in [0, 0.05) is 13.1 Å². The normalized spacial score (nSPS) is 15.9. The summed E-state index contributed by atoms with van der Waals surface area (Å²) in [7, 11) is 0. The fraction of sp³-hybridized carbons (Fsp3) is 0.667. The molecular weight excluding hydrogens is 349 g/mol. The second-order valence-electron chi connectivity index (χ2n) is 4.87. The second kappa shape index (κ2) is 5.69. The van der Waals surface area contributed by atoms with Crippen LogP contribution >= 0.6 is 34.2 Å². The fourth-order valence-electron chi connectivity index (χ4n) is 2.03. The fourth-order valence-corrected chi connectivity index (χ4v) is 2.68. The van der Waals surface area contributed by atoms with Gasteiger partial charge in [-0.05, 0) is 47.8 Å². The van der Waals surface area contributed by atoms with Crippen LogP contribution in [0, 0.1) is 9.49 Å². The molecule has 0 radical (unpaired) electrons. The molecule has 0 amide bonds. The molecule has 0 atom stereocenters. The van der Waals surface area contributed by atoms with Gasteiger partial charge in [0.05, 0.1) is 9.26 Å². The molecule has 1 saturated heterocycles. The molecular formula is C12H17ClIN3. The van der Waals surface area contributed by atoms with Crippen molar-refractivity contribution < 1.29 is 0 Å². The van der Waals surface area contributed by atoms with Crippen molar-refractivity contribution in [1.82, 2.24) is 9.97 Å². The zero-order valence-corrected chi connectivity index (χ0v) is 13.1. The van der Waals surface area contributed by atoms with Crippen LogP contribution < -0.4 is 4.90 Å². The molecule has 1 aromatic rings. The quantitative estimate of drug-likeness (QED) is 0.606. The first-order valence-corrected chi connectivity index (χ1v) is 7.50. The summed E-state index contributed by atoms with van der Waals surface area (Å²) < 4.78 is 1.00. The second-order valence-corrected chi connectivity index (χ2v) is 6.30. The standard InChI is InChI=1S/C12H17ClIN3/c1-8(2)7-9-10(14)11(13)16-12(15-9)17-5-3-4-6-17/h8H,3-7H2,1-2H3. The van der Waals surface area contributed by atoms with Gasteiger partial charge in [-0.1, -0.05) is 25.4 Å². The highest BCUT2D eigenvalue weighted by atomic mass is 127. The van der Waals surface area contributed by atoms with Crippen molar-refractivity contribution >= 4 is 40.1 Å². The maximum Gasteiger partial charge on any atom is 0.227 e. The highest BCUT2D eigenvalue weighted by Crippen LogP contribution is 2.25. The minimum Gasteiger partial charge on any atom is -0.341 e. The molecule has 0 aromatic carbocycles. The van der Waals surface area contributed by atoms with E-state index < -0.39 is 0 Å². The number of aromatic nitrogens is 2. The molecule has 1 aromatic heterocycles. The lowest BCUT2D eigenvalue weighted by atomic mass is 10.1. The minimum absolute atomic E-state index is 0.584. The first-order chi connectivity index (χ1) is 8.08. The third-order valence-corrected chi connectivity index (χ3v) is 4.58. The van der Waals surface area contributed by atoms with Crippen LogP contribution in [0.4, 0.5) is 5.95 Å². The van der Waals surface area contributed by atoms with Crippen molar-refractivity contribution in [2.75, 3.05) is 18.0 Å². The Morgan fingerprint density at radius 1 is 1.29 bits per heavy atom. The Morgan fingerprint density at radius 2 is 1.94 bits per heavy atom. The average molecular weight is 366 g/mol. The van der Waals surface area contributed by atoms with Gasteiger partial charge in [0.1, 0.15) is 5.15 Å². The molecule has 2 rings (SSSR count). The molecule has 17 heavy (non-hydrogen) atoms. The van der Waals surface area contributed by atoms with Gasteiger partial charge < -0.3 is 4.90 Å². The molecule has 94 valence electrons. The monoisotopic (exact) mass is 365 g/mol. The Balaban J connectivity index is 2.31. The van der Waals surface area contributed by atoms with Gasteiger partial charge in [0.15, 0.2) is 0 Å². The van der Waals surface area contributed by atoms with Gasteiger partial charge in [-0.2, -0.15) is 4.98 Å². The van der Waals surface area contributed by atoms with Gasteiger partial charge in [-0.3, -0.25) is 0 Å². The molecule has 1 aliphatic heterocycles. The third kappa shape index (κ3) is 3.22. The highest BCUT2D eigenvalue weighted by Gasteiger charge is 2.18. The Labute approximate surface area is 121 Å². The largest absolute Gasteiger partial charge is 0.341 e. The first kappa shape index (κ1) is 13.3. The van der Waals surface area contributed by atoms with Crippen LogP contribution in [0.2, 0.25) is 5.15 Å². The summed E-state index contributed by atoms with van der Waals surface area (Å²) in [4.78, 5) is 11.3. The van der Waals surface area contributed by atoms with Crippen LogP contribution in [-0.4, -0.2) is 23.1 Å². The van der Waals surface area contributed by atoms with E-state index in [9.17, 15) is 0 Å². The summed E-state index contributed by atoms with van der Waals surface area (Å²) in [5.74, 6) is 1.39. The van der Waals surface area contributed by atoms with Crippen LogP contribution in [0.15, 0.2) is 0 Å². The Hall–Kier alpha value is -0.100. The number of nitrogens with zero attached hydrogens (tertiary/aromatic N) is 3. The zero-order valence-electron chi connectivity index (χ0n) is 10.2. The third-order valence-electron chi connectivity index (χ3n) is 2.86. The summed E-state index contributed by atoms with van der Waals surface area (Å²) in [6.07, 6.45) is 3.42. The summed E-state index contributed by atoms with van der Waals surface area (Å²) in [5.41, 5.74) is 1.09. The molecule has 0 N–H and O–H groups in total. The lowest BCUT2D eigenvalue weighted by molar-refractivity contribution is 0.630. The Kier molecular flexibility index (Phi) is 4.47. The smallest absolute Gasteiger partial charge is 0.227 e. The van der Waals surface area contributed by atoms with E-state index in [1.54, 1.807) is 0 Å². The number of anilines is 1. The van der Waals surface area contributed by atoms with Crippen molar-refractivity contribution in [3.05, 3.63) is 14.4 Å². The molecule has 5 heteroatoms. The lowest BCUT2D eigenvalue weighted by Crippen LogP contribution is -2.21. The van der Waals surface area contributed by atoms with Gasteiger partial charge in [-0.15, -0.1) is 0 Å².